The minimum atomic E-state index is 0.107. The molecule has 3 rings (SSSR count). The maximum Gasteiger partial charge on any atom is 0.101 e. The van der Waals surface area contributed by atoms with E-state index in [1.165, 1.54) is 11.3 Å². The van der Waals surface area contributed by atoms with E-state index in [9.17, 15) is 0 Å². The summed E-state index contributed by atoms with van der Waals surface area (Å²) >= 11 is 0. The Morgan fingerprint density at radius 3 is 2.91 bits per heavy atom. The highest BCUT2D eigenvalue weighted by Crippen LogP contribution is 2.33. The average molecular weight is 317 g/mol. The lowest BCUT2D eigenvalue weighted by Gasteiger charge is -2.24. The van der Waals surface area contributed by atoms with Crippen LogP contribution in [0.5, 0.6) is 0 Å². The molecule has 0 saturated carbocycles. The first kappa shape index (κ1) is 16.2. The average Bonchev–Trinajstić information content (AvgIpc) is 3.21. The number of hydrogen-bond donors (Lipinski definition) is 1. The van der Waals surface area contributed by atoms with Crippen molar-refractivity contribution in [1.82, 2.24) is 24.9 Å². The molecule has 2 aromatic rings. The fraction of sp³-hybridized carbons (Fsp3) is 0.647. The van der Waals surface area contributed by atoms with E-state index in [1.54, 1.807) is 0 Å². The second kappa shape index (κ2) is 6.84. The molecule has 0 bridgehead atoms. The molecule has 6 heteroatoms. The number of hydrogen-bond acceptors (Lipinski definition) is 4. The predicted molar refractivity (Wildman–Crippen MR) is 89.2 cm³/mol. The SMILES string of the molecule is Cc1nn(C)c(C)c1[C@H]1OCC[C@@H]1N[C@H](C)CCn1cccn1. The minimum Gasteiger partial charge on any atom is -0.372 e. The number of nitrogens with zero attached hydrogens (tertiary/aromatic N) is 4. The van der Waals surface area contributed by atoms with Crippen LogP contribution in [0.1, 0.15) is 42.8 Å². The third-order valence-corrected chi connectivity index (χ3v) is 4.79. The summed E-state index contributed by atoms with van der Waals surface area (Å²) in [4.78, 5) is 0. The van der Waals surface area contributed by atoms with Crippen LogP contribution in [0.15, 0.2) is 18.5 Å². The summed E-state index contributed by atoms with van der Waals surface area (Å²) in [6.07, 6.45) is 6.04. The molecular weight excluding hydrogens is 290 g/mol. The smallest absolute Gasteiger partial charge is 0.101 e. The van der Waals surface area contributed by atoms with Gasteiger partial charge in [0.1, 0.15) is 6.10 Å². The number of aryl methyl sites for hydroxylation is 3. The monoisotopic (exact) mass is 317 g/mol. The Kier molecular flexibility index (Phi) is 4.82. The molecule has 1 N–H and O–H groups in total. The first-order valence-electron chi connectivity index (χ1n) is 8.41. The number of nitrogens with one attached hydrogen (secondary N) is 1. The second-order valence-corrected chi connectivity index (χ2v) is 6.52. The minimum absolute atomic E-state index is 0.107. The number of rotatable bonds is 6. The van der Waals surface area contributed by atoms with Gasteiger partial charge in [-0.3, -0.25) is 9.36 Å². The van der Waals surface area contributed by atoms with E-state index in [4.69, 9.17) is 4.74 Å². The molecule has 1 aliphatic rings. The zero-order valence-electron chi connectivity index (χ0n) is 14.5. The molecule has 2 aromatic heterocycles. The van der Waals surface area contributed by atoms with Crippen molar-refractivity contribution in [2.75, 3.05) is 6.61 Å². The fourth-order valence-electron chi connectivity index (χ4n) is 3.45. The highest BCUT2D eigenvalue weighted by Gasteiger charge is 2.34. The van der Waals surface area contributed by atoms with Crippen molar-refractivity contribution in [3.05, 3.63) is 35.4 Å². The Balaban J connectivity index is 1.62. The molecule has 0 radical (unpaired) electrons. The molecule has 0 aliphatic carbocycles. The van der Waals surface area contributed by atoms with Crippen molar-refractivity contribution < 1.29 is 4.74 Å². The van der Waals surface area contributed by atoms with E-state index >= 15 is 0 Å². The second-order valence-electron chi connectivity index (χ2n) is 6.52. The third-order valence-electron chi connectivity index (χ3n) is 4.79. The van der Waals surface area contributed by atoms with E-state index in [0.717, 1.165) is 31.7 Å². The normalized spacial score (nSPS) is 22.6. The largest absolute Gasteiger partial charge is 0.372 e. The molecular formula is C17H27N5O. The molecule has 1 aliphatic heterocycles. The molecule has 0 unspecified atom stereocenters. The number of aromatic nitrogens is 4. The summed E-state index contributed by atoms with van der Waals surface area (Å²) in [5.41, 5.74) is 3.53. The van der Waals surface area contributed by atoms with Crippen molar-refractivity contribution in [3.63, 3.8) is 0 Å². The molecule has 0 aromatic carbocycles. The van der Waals surface area contributed by atoms with Crippen molar-refractivity contribution in [2.45, 2.75) is 58.3 Å². The lowest BCUT2D eigenvalue weighted by atomic mass is 9.99. The summed E-state index contributed by atoms with van der Waals surface area (Å²) in [5, 5.41) is 12.5. The van der Waals surface area contributed by atoms with Crippen LogP contribution in [0.25, 0.3) is 0 Å². The first-order valence-corrected chi connectivity index (χ1v) is 8.41. The van der Waals surface area contributed by atoms with Crippen LogP contribution in [0, 0.1) is 13.8 Å². The van der Waals surface area contributed by atoms with Crippen LogP contribution in [0.2, 0.25) is 0 Å². The van der Waals surface area contributed by atoms with E-state index in [-0.39, 0.29) is 6.10 Å². The molecule has 6 nitrogen and oxygen atoms in total. The highest BCUT2D eigenvalue weighted by molar-refractivity contribution is 5.29. The van der Waals surface area contributed by atoms with Gasteiger partial charge in [-0.2, -0.15) is 10.2 Å². The van der Waals surface area contributed by atoms with Crippen LogP contribution in [0.4, 0.5) is 0 Å². The molecule has 23 heavy (non-hydrogen) atoms. The fourth-order valence-corrected chi connectivity index (χ4v) is 3.45. The molecule has 3 heterocycles. The van der Waals surface area contributed by atoms with Crippen LogP contribution in [0.3, 0.4) is 0 Å². The van der Waals surface area contributed by atoms with Gasteiger partial charge in [0.25, 0.3) is 0 Å². The molecule has 0 spiro atoms. The van der Waals surface area contributed by atoms with Crippen molar-refractivity contribution in [1.29, 1.82) is 0 Å². The Morgan fingerprint density at radius 2 is 2.26 bits per heavy atom. The van der Waals surface area contributed by atoms with Gasteiger partial charge >= 0.3 is 0 Å². The van der Waals surface area contributed by atoms with Gasteiger partial charge in [0.05, 0.1) is 5.69 Å². The Hall–Kier alpha value is -1.66. The molecule has 1 fully saturated rings. The maximum absolute atomic E-state index is 6.04. The molecule has 0 amide bonds. The van der Waals surface area contributed by atoms with E-state index < -0.39 is 0 Å². The quantitative estimate of drug-likeness (QED) is 0.887. The van der Waals surface area contributed by atoms with Crippen molar-refractivity contribution in [2.24, 2.45) is 7.05 Å². The third kappa shape index (κ3) is 3.48. The van der Waals surface area contributed by atoms with E-state index in [1.807, 2.05) is 34.9 Å². The van der Waals surface area contributed by atoms with Crippen LogP contribution >= 0.6 is 0 Å². The van der Waals surface area contributed by atoms with Crippen LogP contribution in [-0.4, -0.2) is 38.3 Å². The van der Waals surface area contributed by atoms with Gasteiger partial charge in [-0.25, -0.2) is 0 Å². The maximum atomic E-state index is 6.04. The summed E-state index contributed by atoms with van der Waals surface area (Å²) in [5.74, 6) is 0. The molecule has 126 valence electrons. The van der Waals surface area contributed by atoms with Crippen molar-refractivity contribution in [3.8, 4) is 0 Å². The first-order chi connectivity index (χ1) is 11.1. The Morgan fingerprint density at radius 1 is 1.43 bits per heavy atom. The Bertz CT molecular complexity index is 634. The summed E-state index contributed by atoms with van der Waals surface area (Å²) in [6, 6.07) is 2.74. The standard InChI is InChI=1S/C17H27N5O/c1-12(6-10-22-9-5-8-18-22)19-15-7-11-23-17(15)16-13(2)20-21(4)14(16)3/h5,8-9,12,15,17,19H,6-7,10-11H2,1-4H3/t12-,15+,17+/m1/s1. The van der Waals surface area contributed by atoms with Gasteiger partial charge in [-0.15, -0.1) is 0 Å². The topological polar surface area (TPSA) is 56.9 Å². The Labute approximate surface area is 137 Å². The van der Waals surface area contributed by atoms with Gasteiger partial charge < -0.3 is 10.1 Å². The van der Waals surface area contributed by atoms with Gasteiger partial charge in [0.15, 0.2) is 0 Å². The summed E-state index contributed by atoms with van der Waals surface area (Å²) in [6.45, 7) is 8.17. The van der Waals surface area contributed by atoms with E-state index in [2.05, 4.69) is 36.3 Å². The molecule has 1 saturated heterocycles. The zero-order chi connectivity index (χ0) is 16.4. The van der Waals surface area contributed by atoms with Gasteiger partial charge in [-0.05, 0) is 39.7 Å². The van der Waals surface area contributed by atoms with Crippen molar-refractivity contribution >= 4 is 0 Å². The summed E-state index contributed by atoms with van der Waals surface area (Å²) in [7, 11) is 2.00. The highest BCUT2D eigenvalue weighted by atomic mass is 16.5. The lowest BCUT2D eigenvalue weighted by Crippen LogP contribution is -2.39. The van der Waals surface area contributed by atoms with Gasteiger partial charge in [-0.1, -0.05) is 0 Å². The van der Waals surface area contributed by atoms with Crippen LogP contribution < -0.4 is 5.32 Å². The van der Waals surface area contributed by atoms with E-state index in [0.29, 0.717) is 12.1 Å². The van der Waals surface area contributed by atoms with Gasteiger partial charge in [0.2, 0.25) is 0 Å². The zero-order valence-corrected chi connectivity index (χ0v) is 14.5. The predicted octanol–water partition coefficient (Wildman–Crippen LogP) is 2.13. The van der Waals surface area contributed by atoms with Crippen LogP contribution in [-0.2, 0) is 18.3 Å². The number of ether oxygens (including phenoxy) is 1. The summed E-state index contributed by atoms with van der Waals surface area (Å²) < 4.78 is 9.98. The lowest BCUT2D eigenvalue weighted by molar-refractivity contribution is 0.0953. The van der Waals surface area contributed by atoms with Gasteiger partial charge in [0, 0.05) is 55.9 Å². The molecule has 3 atom stereocenters.